The van der Waals surface area contributed by atoms with Crippen LogP contribution in [-0.2, 0) is 0 Å². The van der Waals surface area contributed by atoms with Crippen LogP contribution in [0.4, 0.5) is 9.18 Å². The summed E-state index contributed by atoms with van der Waals surface area (Å²) in [5.74, 6) is 0. The molecule has 0 aliphatic carbocycles. The minimum absolute atomic E-state index is 0.194. The van der Waals surface area contributed by atoms with Gasteiger partial charge in [0.25, 0.3) is 0 Å². The molecule has 0 saturated heterocycles. The molecule has 0 spiro atoms. The number of halogens is 3. The van der Waals surface area contributed by atoms with Gasteiger partial charge in [-0.25, -0.2) is 4.79 Å². The van der Waals surface area contributed by atoms with Crippen molar-refractivity contribution in [2.24, 2.45) is 0 Å². The molecule has 0 aliphatic rings. The summed E-state index contributed by atoms with van der Waals surface area (Å²) in [5, 5.41) is 0. The smallest absolute Gasteiger partial charge is 0.231 e. The van der Waals surface area contributed by atoms with Crippen LogP contribution in [0.25, 0.3) is 0 Å². The van der Waals surface area contributed by atoms with E-state index < -0.39 is 6.16 Å². The lowest BCUT2D eigenvalue weighted by Gasteiger charge is -1.88. The van der Waals surface area contributed by atoms with Gasteiger partial charge in [0.15, 0.2) is 0 Å². The number of carbonyl (C=O) groups is 1. The second kappa shape index (κ2) is 2.21. The third-order valence-electron chi connectivity index (χ3n) is 0.133. The molecule has 0 aromatic rings. The van der Waals surface area contributed by atoms with E-state index in [2.05, 4.69) is 23.6 Å². The van der Waals surface area contributed by atoms with Crippen molar-refractivity contribution in [3.05, 3.63) is 0 Å². The lowest BCUT2D eigenvalue weighted by Crippen LogP contribution is -1.98. The zero-order valence-corrected chi connectivity index (χ0v) is 4.00. The van der Waals surface area contributed by atoms with E-state index in [-0.39, 0.29) is 3.94 Å². The Bertz CT molecular complexity index is 64.6. The van der Waals surface area contributed by atoms with Gasteiger partial charge in [-0.3, -0.25) is 0 Å². The Morgan fingerprint density at radius 2 is 1.83 bits per heavy atom. The van der Waals surface area contributed by atoms with Gasteiger partial charge in [0.2, 0.25) is 0 Å². The molecule has 0 saturated carbocycles. The fourth-order valence-corrected chi connectivity index (χ4v) is 0. The van der Waals surface area contributed by atoms with Crippen molar-refractivity contribution in [2.45, 2.75) is 0 Å². The predicted octanol–water partition coefficient (Wildman–Crippen LogP) is 1.69. The molecular formula is CCl2FNO. The van der Waals surface area contributed by atoms with E-state index in [0.29, 0.717) is 0 Å². The van der Waals surface area contributed by atoms with Crippen LogP contribution in [-0.4, -0.2) is 10.1 Å². The average Bonchev–Trinajstić information content (AvgIpc) is 1.36. The summed E-state index contributed by atoms with van der Waals surface area (Å²) in [7, 11) is 0. The van der Waals surface area contributed by atoms with Gasteiger partial charge in [-0.05, 0) is 0 Å². The Balaban J connectivity index is 3.26. The van der Waals surface area contributed by atoms with Crippen LogP contribution in [0.2, 0.25) is 0 Å². The predicted molar refractivity (Wildman–Crippen MR) is 20.0 cm³/mol. The molecule has 0 N–H and O–H groups in total. The van der Waals surface area contributed by atoms with Crippen molar-refractivity contribution in [3.8, 4) is 0 Å². The largest absolute Gasteiger partial charge is 0.430 e. The monoisotopic (exact) mass is 131 g/mol. The number of amides is 1. The first-order valence-electron chi connectivity index (χ1n) is 0.955. The van der Waals surface area contributed by atoms with Gasteiger partial charge in [0.05, 0.1) is 0 Å². The lowest BCUT2D eigenvalue weighted by atomic mass is 11.4. The summed E-state index contributed by atoms with van der Waals surface area (Å²) >= 11 is 8.97. The highest BCUT2D eigenvalue weighted by atomic mass is 35.5. The highest BCUT2D eigenvalue weighted by Gasteiger charge is 2.01. The fourth-order valence-electron chi connectivity index (χ4n) is 0. The van der Waals surface area contributed by atoms with E-state index in [1.54, 1.807) is 0 Å². The van der Waals surface area contributed by atoms with Gasteiger partial charge >= 0.3 is 6.16 Å². The number of hydrogen-bond donors (Lipinski definition) is 0. The maximum absolute atomic E-state index is 10.8. The van der Waals surface area contributed by atoms with Crippen molar-refractivity contribution >= 4 is 29.7 Å². The van der Waals surface area contributed by atoms with Crippen LogP contribution < -0.4 is 0 Å². The lowest BCUT2D eigenvalue weighted by molar-refractivity contribution is 0.216. The molecule has 0 aromatic heterocycles. The second-order valence-electron chi connectivity index (χ2n) is 0.486. The summed E-state index contributed by atoms with van der Waals surface area (Å²) in [4.78, 5) is 9.14. The third kappa shape index (κ3) is 2.23. The van der Waals surface area contributed by atoms with Crippen LogP contribution in [0.15, 0.2) is 0 Å². The van der Waals surface area contributed by atoms with Crippen LogP contribution in [0.3, 0.4) is 0 Å². The molecule has 0 rings (SSSR count). The van der Waals surface area contributed by atoms with Gasteiger partial charge in [-0.2, -0.15) is 0 Å². The summed E-state index contributed by atoms with van der Waals surface area (Å²) in [5.41, 5.74) is 0. The molecule has 6 heavy (non-hydrogen) atoms. The maximum atomic E-state index is 10.8. The molecule has 2 nitrogen and oxygen atoms in total. The van der Waals surface area contributed by atoms with Crippen molar-refractivity contribution in [2.75, 3.05) is 0 Å². The molecule has 36 valence electrons. The molecule has 0 aliphatic heterocycles. The van der Waals surface area contributed by atoms with Crippen LogP contribution in [0.5, 0.6) is 0 Å². The highest BCUT2D eigenvalue weighted by Crippen LogP contribution is 1.99. The molecule has 0 fully saturated rings. The first-order chi connectivity index (χ1) is 2.64. The third-order valence-corrected chi connectivity index (χ3v) is 0.399. The fraction of sp³-hybridized carbons (Fsp3) is 0. The molecule has 0 heterocycles. The van der Waals surface area contributed by atoms with Crippen molar-refractivity contribution in [1.82, 2.24) is 3.94 Å². The number of rotatable bonds is 0. The van der Waals surface area contributed by atoms with Crippen molar-refractivity contribution in [1.29, 1.82) is 0 Å². The van der Waals surface area contributed by atoms with E-state index >= 15 is 0 Å². The summed E-state index contributed by atoms with van der Waals surface area (Å²) in [6.07, 6.45) is -1.88. The standard InChI is InChI=1S/CCl2FNO/c2-5(3)1(4)6. The number of nitrogens with zero attached hydrogens (tertiary/aromatic N) is 1. The Morgan fingerprint density at radius 1 is 1.67 bits per heavy atom. The minimum Gasteiger partial charge on any atom is -0.231 e. The molecule has 0 atom stereocenters. The molecule has 0 aromatic carbocycles. The van der Waals surface area contributed by atoms with Crippen LogP contribution in [0.1, 0.15) is 0 Å². The van der Waals surface area contributed by atoms with Crippen molar-refractivity contribution < 1.29 is 9.18 Å². The maximum Gasteiger partial charge on any atom is 0.430 e. The van der Waals surface area contributed by atoms with Gasteiger partial charge in [-0.15, -0.1) is 8.33 Å². The van der Waals surface area contributed by atoms with E-state index in [4.69, 9.17) is 4.79 Å². The molecular weight excluding hydrogens is 132 g/mol. The summed E-state index contributed by atoms with van der Waals surface area (Å²) in [6.45, 7) is 0. The molecule has 5 heteroatoms. The van der Waals surface area contributed by atoms with Crippen LogP contribution >= 0.6 is 23.6 Å². The highest BCUT2D eigenvalue weighted by molar-refractivity contribution is 6.40. The Labute approximate surface area is 43.7 Å². The Kier molecular flexibility index (Phi) is 2.20. The minimum atomic E-state index is -1.88. The normalized spacial score (nSPS) is 7.83. The summed E-state index contributed by atoms with van der Waals surface area (Å²) < 4.78 is 10.7. The topological polar surface area (TPSA) is 20.3 Å². The van der Waals surface area contributed by atoms with Crippen molar-refractivity contribution in [3.63, 3.8) is 0 Å². The molecule has 0 unspecified atom stereocenters. The zero-order chi connectivity index (χ0) is 5.15. The second-order valence-corrected chi connectivity index (χ2v) is 1.34. The van der Waals surface area contributed by atoms with Gasteiger partial charge in [0, 0.05) is 23.6 Å². The summed E-state index contributed by atoms with van der Waals surface area (Å²) in [6, 6.07) is 0. The average molecular weight is 132 g/mol. The SMILES string of the molecule is O=C(F)N(Cl)Cl. The van der Waals surface area contributed by atoms with Crippen LogP contribution in [0, 0.1) is 0 Å². The van der Waals surface area contributed by atoms with E-state index in [1.807, 2.05) is 0 Å². The Morgan fingerprint density at radius 3 is 1.83 bits per heavy atom. The Hall–Kier alpha value is -0.0200. The van der Waals surface area contributed by atoms with Gasteiger partial charge < -0.3 is 0 Å². The van der Waals surface area contributed by atoms with Gasteiger partial charge in [-0.1, -0.05) is 0 Å². The molecule has 1 amide bonds. The first kappa shape index (κ1) is 5.98. The van der Waals surface area contributed by atoms with E-state index in [0.717, 1.165) is 0 Å². The zero-order valence-electron chi connectivity index (χ0n) is 2.49. The van der Waals surface area contributed by atoms with E-state index in [1.165, 1.54) is 0 Å². The molecule has 0 radical (unpaired) electrons. The number of carbonyl (C=O) groups excluding carboxylic acids is 1. The first-order valence-corrected chi connectivity index (χ1v) is 1.63. The molecule has 0 bridgehead atoms. The quantitative estimate of drug-likeness (QED) is 0.279. The van der Waals surface area contributed by atoms with E-state index in [9.17, 15) is 4.39 Å². The van der Waals surface area contributed by atoms with Gasteiger partial charge in [0.1, 0.15) is 0 Å². The number of hydrogen-bond acceptors (Lipinski definition) is 1.